The number of hydrogen-bond donors (Lipinski definition) is 1. The van der Waals surface area contributed by atoms with Crippen molar-refractivity contribution >= 4 is 5.97 Å². The summed E-state index contributed by atoms with van der Waals surface area (Å²) in [5, 5.41) is 9.34. The van der Waals surface area contributed by atoms with Crippen LogP contribution in [0, 0.1) is 5.92 Å². The minimum absolute atomic E-state index is 0.115. The molecule has 1 rings (SSSR count). The van der Waals surface area contributed by atoms with Gasteiger partial charge in [-0.1, -0.05) is 6.92 Å². The maximum Gasteiger partial charge on any atom is 0.337 e. The van der Waals surface area contributed by atoms with Crippen molar-refractivity contribution in [2.45, 2.75) is 19.8 Å². The van der Waals surface area contributed by atoms with Gasteiger partial charge in [-0.25, -0.2) is 4.79 Å². The van der Waals surface area contributed by atoms with Gasteiger partial charge in [0.05, 0.1) is 12.7 Å². The summed E-state index contributed by atoms with van der Waals surface area (Å²) in [4.78, 5) is 10.9. The largest absolute Gasteiger partial charge is 0.511 e. The van der Waals surface area contributed by atoms with Crippen LogP contribution in [-0.2, 0) is 9.53 Å². The van der Waals surface area contributed by atoms with Gasteiger partial charge in [-0.3, -0.25) is 0 Å². The summed E-state index contributed by atoms with van der Waals surface area (Å²) in [6, 6.07) is 0. The Balaban J connectivity index is 2.79. The molecular formula is C8H12O3. The van der Waals surface area contributed by atoms with Crippen LogP contribution in [0.25, 0.3) is 0 Å². The van der Waals surface area contributed by atoms with Gasteiger partial charge in [-0.15, -0.1) is 0 Å². The molecule has 0 saturated heterocycles. The van der Waals surface area contributed by atoms with Crippen LogP contribution < -0.4 is 0 Å². The first-order valence-corrected chi connectivity index (χ1v) is 3.67. The maximum atomic E-state index is 10.9. The van der Waals surface area contributed by atoms with E-state index < -0.39 is 5.97 Å². The van der Waals surface area contributed by atoms with Crippen molar-refractivity contribution in [2.75, 3.05) is 7.11 Å². The Bertz CT molecular complexity index is 205. The molecule has 0 aromatic carbocycles. The third-order valence-corrected chi connectivity index (χ3v) is 2.04. The summed E-state index contributed by atoms with van der Waals surface area (Å²) in [6.45, 7) is 1.89. The Morgan fingerprint density at radius 2 is 2.36 bits per heavy atom. The highest BCUT2D eigenvalue weighted by Crippen LogP contribution is 2.29. The lowest BCUT2D eigenvalue weighted by Gasteiger charge is -2.01. The van der Waals surface area contributed by atoms with Crippen molar-refractivity contribution < 1.29 is 14.6 Å². The molecule has 11 heavy (non-hydrogen) atoms. The SMILES string of the molecule is COC(=O)C1=C(O)C(C)CC1. The summed E-state index contributed by atoms with van der Waals surface area (Å²) in [6.07, 6.45) is 1.48. The fraction of sp³-hybridized carbons (Fsp3) is 0.625. The molecule has 62 valence electrons. The number of carbonyl (C=O) groups is 1. The maximum absolute atomic E-state index is 10.9. The van der Waals surface area contributed by atoms with Crippen LogP contribution >= 0.6 is 0 Å². The zero-order valence-electron chi connectivity index (χ0n) is 6.76. The number of methoxy groups -OCH3 is 1. The van der Waals surface area contributed by atoms with Gasteiger partial charge in [-0.2, -0.15) is 0 Å². The number of hydrogen-bond acceptors (Lipinski definition) is 3. The Morgan fingerprint density at radius 1 is 1.73 bits per heavy atom. The van der Waals surface area contributed by atoms with Crippen LogP contribution in [0.15, 0.2) is 11.3 Å². The molecule has 0 bridgehead atoms. The minimum Gasteiger partial charge on any atom is -0.511 e. The summed E-state index contributed by atoms with van der Waals surface area (Å²) >= 11 is 0. The second kappa shape index (κ2) is 2.95. The number of aliphatic hydroxyl groups excluding tert-OH is 1. The van der Waals surface area contributed by atoms with Crippen LogP contribution in [0.5, 0.6) is 0 Å². The van der Waals surface area contributed by atoms with Gasteiger partial charge in [0.15, 0.2) is 0 Å². The zero-order chi connectivity index (χ0) is 8.43. The summed E-state index contributed by atoms with van der Waals surface area (Å²) in [7, 11) is 1.32. The molecule has 0 aliphatic heterocycles. The van der Waals surface area contributed by atoms with Gasteiger partial charge >= 0.3 is 5.97 Å². The molecule has 1 N–H and O–H groups in total. The van der Waals surface area contributed by atoms with E-state index in [2.05, 4.69) is 4.74 Å². The van der Waals surface area contributed by atoms with Crippen LogP contribution in [0.2, 0.25) is 0 Å². The number of esters is 1. The third-order valence-electron chi connectivity index (χ3n) is 2.04. The van der Waals surface area contributed by atoms with Gasteiger partial charge < -0.3 is 9.84 Å². The molecule has 0 amide bonds. The molecule has 1 aliphatic rings. The van der Waals surface area contributed by atoms with Crippen molar-refractivity contribution in [3.05, 3.63) is 11.3 Å². The number of ether oxygens (including phenoxy) is 1. The van der Waals surface area contributed by atoms with Crippen molar-refractivity contribution in [1.29, 1.82) is 0 Å². The average Bonchev–Trinajstić information content (AvgIpc) is 2.32. The molecule has 0 saturated carbocycles. The van der Waals surface area contributed by atoms with Crippen molar-refractivity contribution in [1.82, 2.24) is 0 Å². The fourth-order valence-corrected chi connectivity index (χ4v) is 1.25. The molecule has 1 aliphatic carbocycles. The van der Waals surface area contributed by atoms with E-state index in [-0.39, 0.29) is 11.7 Å². The number of rotatable bonds is 1. The minimum atomic E-state index is -0.396. The molecule has 1 atom stereocenters. The Labute approximate surface area is 65.7 Å². The normalized spacial score (nSPS) is 24.0. The van der Waals surface area contributed by atoms with Crippen molar-refractivity contribution in [2.24, 2.45) is 5.92 Å². The highest BCUT2D eigenvalue weighted by molar-refractivity contribution is 5.89. The quantitative estimate of drug-likeness (QED) is 0.584. The molecule has 0 heterocycles. The summed E-state index contributed by atoms with van der Waals surface area (Å²) in [5.41, 5.74) is 0.444. The highest BCUT2D eigenvalue weighted by atomic mass is 16.5. The van der Waals surface area contributed by atoms with Crippen molar-refractivity contribution in [3.63, 3.8) is 0 Å². The zero-order valence-corrected chi connectivity index (χ0v) is 6.76. The average molecular weight is 156 g/mol. The highest BCUT2D eigenvalue weighted by Gasteiger charge is 2.26. The Hall–Kier alpha value is -0.990. The van der Waals surface area contributed by atoms with Gasteiger partial charge in [-0.05, 0) is 12.8 Å². The van der Waals surface area contributed by atoms with E-state index >= 15 is 0 Å². The number of allylic oxidation sites excluding steroid dienone is 1. The second-order valence-electron chi connectivity index (χ2n) is 2.80. The molecule has 0 spiro atoms. The fourth-order valence-electron chi connectivity index (χ4n) is 1.25. The van der Waals surface area contributed by atoms with E-state index in [0.29, 0.717) is 12.0 Å². The lowest BCUT2D eigenvalue weighted by molar-refractivity contribution is -0.136. The van der Waals surface area contributed by atoms with E-state index in [4.69, 9.17) is 0 Å². The first-order valence-electron chi connectivity index (χ1n) is 3.67. The standard InChI is InChI=1S/C8H12O3/c1-5-3-4-6(7(5)9)8(10)11-2/h5,9H,3-4H2,1-2H3. The first kappa shape index (κ1) is 8.11. The Morgan fingerprint density at radius 3 is 2.73 bits per heavy atom. The van der Waals surface area contributed by atoms with Crippen LogP contribution in [-0.4, -0.2) is 18.2 Å². The molecule has 3 heteroatoms. The lowest BCUT2D eigenvalue weighted by atomic mass is 10.1. The van der Waals surface area contributed by atoms with Crippen LogP contribution in [0.4, 0.5) is 0 Å². The van der Waals surface area contributed by atoms with E-state index in [1.807, 2.05) is 6.92 Å². The third kappa shape index (κ3) is 1.37. The molecule has 1 unspecified atom stereocenters. The lowest BCUT2D eigenvalue weighted by Crippen LogP contribution is -2.04. The molecular weight excluding hydrogens is 144 g/mol. The van der Waals surface area contributed by atoms with Crippen LogP contribution in [0.3, 0.4) is 0 Å². The van der Waals surface area contributed by atoms with E-state index in [1.165, 1.54) is 7.11 Å². The van der Waals surface area contributed by atoms with Gasteiger partial charge in [0.2, 0.25) is 0 Å². The summed E-state index contributed by atoms with van der Waals surface area (Å²) in [5.74, 6) is -0.0761. The Kier molecular flexibility index (Phi) is 2.17. The van der Waals surface area contributed by atoms with E-state index in [1.54, 1.807) is 0 Å². The van der Waals surface area contributed by atoms with Crippen molar-refractivity contribution in [3.8, 4) is 0 Å². The predicted molar refractivity (Wildman–Crippen MR) is 40.1 cm³/mol. The van der Waals surface area contributed by atoms with Crippen LogP contribution in [0.1, 0.15) is 19.8 Å². The monoisotopic (exact) mass is 156 g/mol. The molecule has 3 nitrogen and oxygen atoms in total. The van der Waals surface area contributed by atoms with Gasteiger partial charge in [0, 0.05) is 5.92 Å². The van der Waals surface area contributed by atoms with Gasteiger partial charge in [0.1, 0.15) is 5.76 Å². The second-order valence-corrected chi connectivity index (χ2v) is 2.80. The number of aliphatic hydroxyl groups is 1. The molecule has 0 radical (unpaired) electrons. The van der Waals surface area contributed by atoms with E-state index in [0.717, 1.165) is 6.42 Å². The summed E-state index contributed by atoms with van der Waals surface area (Å²) < 4.78 is 4.50. The van der Waals surface area contributed by atoms with Gasteiger partial charge in [0.25, 0.3) is 0 Å². The molecule has 0 fully saturated rings. The number of carbonyl (C=O) groups excluding carboxylic acids is 1. The molecule has 0 aromatic rings. The predicted octanol–water partition coefficient (Wildman–Crippen LogP) is 1.40. The smallest absolute Gasteiger partial charge is 0.337 e. The topological polar surface area (TPSA) is 46.5 Å². The first-order chi connectivity index (χ1) is 5.16. The van der Waals surface area contributed by atoms with E-state index in [9.17, 15) is 9.90 Å². The molecule has 0 aromatic heterocycles.